The lowest BCUT2D eigenvalue weighted by molar-refractivity contribution is 0.627. The number of benzene rings is 2. The Kier molecular flexibility index (Phi) is 3.79. The van der Waals surface area contributed by atoms with E-state index in [2.05, 4.69) is 20.8 Å². The lowest BCUT2D eigenvalue weighted by Gasteiger charge is -2.07. The van der Waals surface area contributed by atoms with E-state index in [1.165, 1.54) is 6.07 Å². The molecule has 0 unspecified atom stereocenters. The van der Waals surface area contributed by atoms with Crippen molar-refractivity contribution >= 4 is 17.5 Å². The number of nitrogens with zero attached hydrogens (tertiary/aromatic N) is 4. The van der Waals surface area contributed by atoms with Crippen LogP contribution in [0.4, 0.5) is 10.3 Å². The van der Waals surface area contributed by atoms with Crippen molar-refractivity contribution in [1.82, 2.24) is 20.2 Å². The Morgan fingerprint density at radius 1 is 1.14 bits per heavy atom. The summed E-state index contributed by atoms with van der Waals surface area (Å²) in [5.74, 6) is 0.0659. The highest BCUT2D eigenvalue weighted by Gasteiger charge is 2.08. The molecule has 1 aromatic heterocycles. The van der Waals surface area contributed by atoms with Crippen LogP contribution < -0.4 is 5.32 Å². The maximum Gasteiger partial charge on any atom is 0.248 e. The fourth-order valence-corrected chi connectivity index (χ4v) is 2.07. The molecule has 1 heterocycles. The number of rotatable bonds is 4. The zero-order valence-corrected chi connectivity index (χ0v) is 11.6. The minimum absolute atomic E-state index is 0.0944. The molecule has 5 nitrogen and oxygen atoms in total. The maximum absolute atomic E-state index is 13.1. The normalized spacial score (nSPS) is 10.6. The van der Waals surface area contributed by atoms with E-state index in [9.17, 15) is 4.39 Å². The topological polar surface area (TPSA) is 55.6 Å². The average molecular weight is 304 g/mol. The van der Waals surface area contributed by atoms with Gasteiger partial charge in [0.05, 0.1) is 10.7 Å². The fraction of sp³-hybridized carbons (Fsp3) is 0.0714. The second kappa shape index (κ2) is 5.88. The van der Waals surface area contributed by atoms with Crippen molar-refractivity contribution in [3.05, 3.63) is 64.9 Å². The Balaban J connectivity index is 1.77. The lowest BCUT2D eigenvalue weighted by atomic mass is 10.2. The standard InChI is InChI=1S/C14H11ClFN5/c15-12-8-10(6-7-13(12)16)9-17-14-18-19-20-21(14)11-4-2-1-3-5-11/h1-8H,9H2,(H,17,18,20). The Morgan fingerprint density at radius 2 is 1.95 bits per heavy atom. The predicted octanol–water partition coefficient (Wildman–Crippen LogP) is 3.07. The molecule has 0 saturated carbocycles. The number of halogens is 2. The Hall–Kier alpha value is -2.47. The fourth-order valence-electron chi connectivity index (χ4n) is 1.87. The molecule has 3 rings (SSSR count). The monoisotopic (exact) mass is 303 g/mol. The Labute approximate surface area is 125 Å². The number of para-hydroxylation sites is 1. The first-order valence-electron chi connectivity index (χ1n) is 6.25. The van der Waals surface area contributed by atoms with Gasteiger partial charge in [-0.05, 0) is 40.3 Å². The van der Waals surface area contributed by atoms with Gasteiger partial charge in [0.25, 0.3) is 0 Å². The second-order valence-corrected chi connectivity index (χ2v) is 4.76. The molecule has 0 aliphatic carbocycles. The van der Waals surface area contributed by atoms with E-state index >= 15 is 0 Å². The summed E-state index contributed by atoms with van der Waals surface area (Å²) < 4.78 is 14.7. The highest BCUT2D eigenvalue weighted by atomic mass is 35.5. The molecule has 0 spiro atoms. The van der Waals surface area contributed by atoms with Gasteiger partial charge >= 0.3 is 0 Å². The van der Waals surface area contributed by atoms with Crippen LogP contribution in [0, 0.1) is 5.82 Å². The van der Waals surface area contributed by atoms with Gasteiger partial charge in [-0.25, -0.2) is 4.39 Å². The zero-order chi connectivity index (χ0) is 14.7. The van der Waals surface area contributed by atoms with Crippen molar-refractivity contribution in [3.8, 4) is 5.69 Å². The van der Waals surface area contributed by atoms with Crippen LogP contribution in [0.5, 0.6) is 0 Å². The minimum atomic E-state index is -0.436. The molecule has 0 saturated heterocycles. The number of anilines is 1. The largest absolute Gasteiger partial charge is 0.349 e. The molecular weight excluding hydrogens is 293 g/mol. The summed E-state index contributed by atoms with van der Waals surface area (Å²) in [6, 6.07) is 14.1. The van der Waals surface area contributed by atoms with Gasteiger partial charge in [0, 0.05) is 6.54 Å². The average Bonchev–Trinajstić information content (AvgIpc) is 2.98. The van der Waals surface area contributed by atoms with Crippen molar-refractivity contribution < 1.29 is 4.39 Å². The third kappa shape index (κ3) is 3.00. The third-order valence-corrected chi connectivity index (χ3v) is 3.19. The number of aromatic nitrogens is 4. The van der Waals surface area contributed by atoms with Crippen molar-refractivity contribution in [2.45, 2.75) is 6.54 Å². The lowest BCUT2D eigenvalue weighted by Crippen LogP contribution is -2.07. The summed E-state index contributed by atoms with van der Waals surface area (Å²) in [6.45, 7) is 0.438. The van der Waals surface area contributed by atoms with E-state index in [0.717, 1.165) is 11.3 Å². The molecule has 0 amide bonds. The summed E-state index contributed by atoms with van der Waals surface area (Å²) in [7, 11) is 0. The summed E-state index contributed by atoms with van der Waals surface area (Å²) in [5.41, 5.74) is 1.69. The van der Waals surface area contributed by atoms with Crippen molar-refractivity contribution in [2.24, 2.45) is 0 Å². The van der Waals surface area contributed by atoms with E-state index in [0.29, 0.717) is 12.5 Å². The van der Waals surface area contributed by atoms with E-state index in [-0.39, 0.29) is 5.02 Å². The highest BCUT2D eigenvalue weighted by Crippen LogP contribution is 2.17. The van der Waals surface area contributed by atoms with Crippen LogP contribution in [0.2, 0.25) is 5.02 Å². The second-order valence-electron chi connectivity index (χ2n) is 4.35. The summed E-state index contributed by atoms with van der Waals surface area (Å²) in [4.78, 5) is 0. The van der Waals surface area contributed by atoms with Crippen molar-refractivity contribution in [2.75, 3.05) is 5.32 Å². The number of nitrogens with one attached hydrogen (secondary N) is 1. The molecule has 21 heavy (non-hydrogen) atoms. The molecule has 0 aliphatic heterocycles. The zero-order valence-electron chi connectivity index (χ0n) is 10.9. The van der Waals surface area contributed by atoms with Crippen LogP contribution in [-0.4, -0.2) is 20.2 Å². The van der Waals surface area contributed by atoms with Gasteiger partial charge in [0.1, 0.15) is 5.82 Å². The molecule has 3 aromatic rings. The maximum atomic E-state index is 13.1. The van der Waals surface area contributed by atoms with Gasteiger partial charge in [0.2, 0.25) is 5.95 Å². The molecule has 106 valence electrons. The van der Waals surface area contributed by atoms with Crippen LogP contribution in [0.15, 0.2) is 48.5 Å². The molecule has 0 aliphatic rings. The summed E-state index contributed by atoms with van der Waals surface area (Å²) in [6.07, 6.45) is 0. The van der Waals surface area contributed by atoms with Gasteiger partial charge in [0.15, 0.2) is 0 Å². The van der Waals surface area contributed by atoms with Crippen LogP contribution in [0.1, 0.15) is 5.56 Å². The van der Waals surface area contributed by atoms with Crippen LogP contribution in [-0.2, 0) is 6.54 Å². The van der Waals surface area contributed by atoms with E-state index in [1.54, 1.807) is 16.8 Å². The Bertz CT molecular complexity index is 744. The molecule has 0 bridgehead atoms. The molecule has 0 atom stereocenters. The van der Waals surface area contributed by atoms with Crippen LogP contribution >= 0.6 is 11.6 Å². The smallest absolute Gasteiger partial charge is 0.248 e. The number of hydrogen-bond acceptors (Lipinski definition) is 4. The van der Waals surface area contributed by atoms with E-state index in [4.69, 9.17) is 11.6 Å². The number of hydrogen-bond donors (Lipinski definition) is 1. The van der Waals surface area contributed by atoms with Crippen LogP contribution in [0.25, 0.3) is 5.69 Å². The van der Waals surface area contributed by atoms with Gasteiger partial charge in [-0.2, -0.15) is 4.68 Å². The summed E-state index contributed by atoms with van der Waals surface area (Å²) in [5, 5.41) is 14.7. The highest BCUT2D eigenvalue weighted by molar-refractivity contribution is 6.30. The SMILES string of the molecule is Fc1ccc(CNc2nnnn2-c2ccccc2)cc1Cl. The van der Waals surface area contributed by atoms with Crippen LogP contribution in [0.3, 0.4) is 0 Å². The van der Waals surface area contributed by atoms with E-state index in [1.807, 2.05) is 30.3 Å². The van der Waals surface area contributed by atoms with Gasteiger partial charge < -0.3 is 5.32 Å². The quantitative estimate of drug-likeness (QED) is 0.805. The first-order valence-corrected chi connectivity index (χ1v) is 6.63. The van der Waals surface area contributed by atoms with Gasteiger partial charge in [-0.3, -0.25) is 0 Å². The van der Waals surface area contributed by atoms with E-state index < -0.39 is 5.82 Å². The molecule has 0 radical (unpaired) electrons. The number of tetrazole rings is 1. The third-order valence-electron chi connectivity index (χ3n) is 2.90. The Morgan fingerprint density at radius 3 is 2.71 bits per heavy atom. The van der Waals surface area contributed by atoms with Crippen molar-refractivity contribution in [1.29, 1.82) is 0 Å². The first kappa shape index (κ1) is 13.5. The minimum Gasteiger partial charge on any atom is -0.349 e. The van der Waals surface area contributed by atoms with Crippen molar-refractivity contribution in [3.63, 3.8) is 0 Å². The van der Waals surface area contributed by atoms with Gasteiger partial charge in [-0.1, -0.05) is 41.0 Å². The molecule has 2 aromatic carbocycles. The predicted molar refractivity (Wildman–Crippen MR) is 77.9 cm³/mol. The molecule has 7 heteroatoms. The first-order chi connectivity index (χ1) is 10.2. The molecule has 1 N–H and O–H groups in total. The molecule has 0 fully saturated rings. The van der Waals surface area contributed by atoms with Gasteiger partial charge in [-0.15, -0.1) is 0 Å². The summed E-state index contributed by atoms with van der Waals surface area (Å²) >= 11 is 5.75. The molecular formula is C14H11ClFN5.